The van der Waals surface area contributed by atoms with Crippen LogP contribution >= 0.6 is 0 Å². The van der Waals surface area contributed by atoms with Gasteiger partial charge >= 0.3 is 0 Å². The third-order valence-electron chi connectivity index (χ3n) is 8.69. The second-order valence-corrected chi connectivity index (χ2v) is 10.8. The van der Waals surface area contributed by atoms with Gasteiger partial charge < -0.3 is 4.40 Å². The van der Waals surface area contributed by atoms with Crippen molar-refractivity contribution >= 4 is 39.2 Å². The fourth-order valence-electron chi connectivity index (χ4n) is 6.90. The molecule has 0 spiro atoms. The van der Waals surface area contributed by atoms with Gasteiger partial charge in [-0.15, -0.1) is 0 Å². The van der Waals surface area contributed by atoms with Gasteiger partial charge in [0, 0.05) is 29.3 Å². The molecule has 1 atom stereocenters. The molecule has 0 saturated carbocycles. The van der Waals surface area contributed by atoms with Crippen molar-refractivity contribution in [3.63, 3.8) is 0 Å². The molecule has 4 aliphatic carbocycles. The van der Waals surface area contributed by atoms with Gasteiger partial charge in [0.2, 0.25) is 0 Å². The molecule has 4 aliphatic rings. The van der Waals surface area contributed by atoms with Crippen LogP contribution in [0, 0.1) is 5.92 Å². The van der Waals surface area contributed by atoms with Crippen LogP contribution in [0.4, 0.5) is 0 Å². The molecule has 0 aliphatic heterocycles. The predicted octanol–water partition coefficient (Wildman–Crippen LogP) is 8.93. The number of hydrogen-bond acceptors (Lipinski definition) is 1. The number of rotatable bonds is 2. The Morgan fingerprint density at radius 2 is 1.72 bits per heavy atom. The van der Waals surface area contributed by atoms with Gasteiger partial charge in [0.25, 0.3) is 0 Å². The van der Waals surface area contributed by atoms with Gasteiger partial charge in [-0.3, -0.25) is 0 Å². The Balaban J connectivity index is 1.14. The van der Waals surface area contributed by atoms with E-state index in [4.69, 9.17) is 4.98 Å². The van der Waals surface area contributed by atoms with Crippen molar-refractivity contribution in [2.75, 3.05) is 0 Å². The summed E-state index contributed by atoms with van der Waals surface area (Å²) in [4.78, 5) is 5.01. The van der Waals surface area contributed by atoms with Crippen LogP contribution in [0.15, 0.2) is 133 Å². The number of fused-ring (bicyclic) bond motifs is 4. The fourth-order valence-corrected chi connectivity index (χ4v) is 6.90. The minimum Gasteiger partial charge on any atom is -0.306 e. The number of aromatic nitrogens is 2. The number of hydrogen-bond donors (Lipinski definition) is 0. The van der Waals surface area contributed by atoms with Crippen LogP contribution in [-0.4, -0.2) is 9.38 Å². The van der Waals surface area contributed by atoms with E-state index in [0.717, 1.165) is 23.3 Å². The topological polar surface area (TPSA) is 17.3 Å². The summed E-state index contributed by atoms with van der Waals surface area (Å²) in [5.41, 5.74) is 15.5. The molecule has 9 rings (SSSR count). The highest BCUT2D eigenvalue weighted by Crippen LogP contribution is 2.53. The van der Waals surface area contributed by atoms with Gasteiger partial charge in [-0.05, 0) is 74.1 Å². The first kappa shape index (κ1) is 21.0. The number of benzene rings is 3. The van der Waals surface area contributed by atoms with Gasteiger partial charge in [-0.1, -0.05) is 103 Å². The Bertz CT molecular complexity index is 2070. The first-order valence-corrected chi connectivity index (χ1v) is 13.6. The average molecular weight is 497 g/mol. The van der Waals surface area contributed by atoms with Crippen molar-refractivity contribution in [1.29, 1.82) is 0 Å². The summed E-state index contributed by atoms with van der Waals surface area (Å²) < 4.78 is 2.13. The molecule has 0 radical (unpaired) electrons. The highest BCUT2D eigenvalue weighted by molar-refractivity contribution is 6.02. The molecule has 0 N–H and O–H groups in total. The largest absolute Gasteiger partial charge is 0.306 e. The summed E-state index contributed by atoms with van der Waals surface area (Å²) >= 11 is 0. The maximum absolute atomic E-state index is 5.01. The molecule has 182 valence electrons. The van der Waals surface area contributed by atoms with E-state index in [9.17, 15) is 0 Å². The number of nitrogens with zero attached hydrogens (tertiary/aromatic N) is 2. The molecule has 0 fully saturated rings. The van der Waals surface area contributed by atoms with Crippen LogP contribution in [0.25, 0.3) is 50.5 Å². The Morgan fingerprint density at radius 3 is 2.67 bits per heavy atom. The molecular formula is C37H24N2. The Hall–Kier alpha value is -4.95. The number of allylic oxidation sites excluding steroid dienone is 11. The van der Waals surface area contributed by atoms with Crippen molar-refractivity contribution in [2.45, 2.75) is 6.42 Å². The molecule has 0 amide bonds. The standard InChI is InChI=1S/C37H24N2/c1-2-10-29-24(6-1)18-19-39-22-34(38-37(29)39)25-16-14-23(15-17-25)28-20-27-9-5-12-31-30-11-3-7-26-8-4-13-32(35(26)30)33(21-28)36(27)31/h1-10,12-22,36H,11H2. The number of imidazole rings is 1. The first-order chi connectivity index (χ1) is 19.3. The predicted molar refractivity (Wildman–Crippen MR) is 162 cm³/mol. The first-order valence-electron chi connectivity index (χ1n) is 13.6. The summed E-state index contributed by atoms with van der Waals surface area (Å²) in [6.07, 6.45) is 21.5. The van der Waals surface area contributed by atoms with Gasteiger partial charge in [0.05, 0.1) is 5.69 Å². The maximum Gasteiger partial charge on any atom is 0.145 e. The lowest BCUT2D eigenvalue weighted by Crippen LogP contribution is -2.21. The van der Waals surface area contributed by atoms with Gasteiger partial charge in [0.15, 0.2) is 0 Å². The quantitative estimate of drug-likeness (QED) is 0.238. The molecule has 1 unspecified atom stereocenters. The lowest BCUT2D eigenvalue weighted by Gasteiger charge is -2.38. The van der Waals surface area contributed by atoms with Gasteiger partial charge in [-0.2, -0.15) is 0 Å². The third kappa shape index (κ3) is 3.00. The van der Waals surface area contributed by atoms with Gasteiger partial charge in [0.1, 0.15) is 5.65 Å². The summed E-state index contributed by atoms with van der Waals surface area (Å²) in [7, 11) is 0. The highest BCUT2D eigenvalue weighted by atomic mass is 15.0. The highest BCUT2D eigenvalue weighted by Gasteiger charge is 2.36. The van der Waals surface area contributed by atoms with Gasteiger partial charge in [-0.25, -0.2) is 4.98 Å². The molecule has 2 nitrogen and oxygen atoms in total. The zero-order chi connectivity index (χ0) is 25.5. The molecule has 2 heterocycles. The van der Waals surface area contributed by atoms with E-state index in [-0.39, 0.29) is 0 Å². The maximum atomic E-state index is 5.01. The Morgan fingerprint density at radius 1 is 0.821 bits per heavy atom. The van der Waals surface area contributed by atoms with Crippen LogP contribution in [-0.2, 0) is 0 Å². The van der Waals surface area contributed by atoms with Crippen LogP contribution in [0.3, 0.4) is 0 Å². The Labute approximate surface area is 227 Å². The van der Waals surface area contributed by atoms with Crippen molar-refractivity contribution < 1.29 is 0 Å². The molecule has 0 bridgehead atoms. The minimum atomic E-state index is 0.329. The average Bonchev–Trinajstić information content (AvgIpc) is 3.45. The zero-order valence-corrected chi connectivity index (χ0v) is 21.3. The van der Waals surface area contributed by atoms with Crippen LogP contribution < -0.4 is 0 Å². The lowest BCUT2D eigenvalue weighted by atomic mass is 9.65. The van der Waals surface area contributed by atoms with E-state index in [1.54, 1.807) is 0 Å². The summed E-state index contributed by atoms with van der Waals surface area (Å²) in [6.45, 7) is 0. The molecule has 2 aromatic heterocycles. The third-order valence-corrected chi connectivity index (χ3v) is 8.69. The molecule has 3 aromatic carbocycles. The minimum absolute atomic E-state index is 0.329. The van der Waals surface area contributed by atoms with E-state index >= 15 is 0 Å². The van der Waals surface area contributed by atoms with Crippen LogP contribution in [0.1, 0.15) is 28.7 Å². The zero-order valence-electron chi connectivity index (χ0n) is 21.3. The van der Waals surface area contributed by atoms with E-state index in [1.807, 2.05) is 0 Å². The van der Waals surface area contributed by atoms with Crippen molar-refractivity contribution in [2.24, 2.45) is 5.92 Å². The van der Waals surface area contributed by atoms with Crippen molar-refractivity contribution in [3.8, 4) is 11.3 Å². The summed E-state index contributed by atoms with van der Waals surface area (Å²) in [5, 5.41) is 2.39. The molecule has 39 heavy (non-hydrogen) atoms. The molecule has 2 heteroatoms. The van der Waals surface area contributed by atoms with E-state index in [1.165, 1.54) is 60.9 Å². The van der Waals surface area contributed by atoms with Crippen LogP contribution in [0.5, 0.6) is 0 Å². The van der Waals surface area contributed by atoms with Crippen molar-refractivity contribution in [1.82, 2.24) is 9.38 Å². The Kier molecular flexibility index (Phi) is 4.20. The normalized spacial score (nSPS) is 18.6. The second-order valence-electron chi connectivity index (χ2n) is 10.8. The molecular weight excluding hydrogens is 472 g/mol. The number of pyridine rings is 1. The lowest BCUT2D eigenvalue weighted by molar-refractivity contribution is 0.937. The summed E-state index contributed by atoms with van der Waals surface area (Å²) in [6, 6.07) is 26.3. The molecule has 0 saturated heterocycles. The van der Waals surface area contributed by atoms with Crippen LogP contribution in [0.2, 0.25) is 0 Å². The van der Waals surface area contributed by atoms with Crippen molar-refractivity contribution in [3.05, 3.63) is 155 Å². The molecule has 5 aromatic rings. The monoisotopic (exact) mass is 496 g/mol. The van der Waals surface area contributed by atoms with E-state index < -0.39 is 0 Å². The SMILES string of the molecule is C1=CC2=C3CC=Cc4cccc(c43)C3=CC(c4ccc(-c5cn6ccc7ccccc7c6n5)cc4)=CC(=C1)C32. The second kappa shape index (κ2) is 7.78. The van der Waals surface area contributed by atoms with E-state index in [2.05, 4.69) is 132 Å². The fraction of sp³-hybridized carbons (Fsp3) is 0.0541. The van der Waals surface area contributed by atoms with E-state index in [0.29, 0.717) is 5.92 Å². The summed E-state index contributed by atoms with van der Waals surface area (Å²) in [5.74, 6) is 0.329. The smallest absolute Gasteiger partial charge is 0.145 e.